The molecular weight excluding hydrogens is 258 g/mol. The normalized spacial score (nSPS) is 17.4. The number of rotatable bonds is 5. The van der Waals surface area contributed by atoms with Gasteiger partial charge < -0.3 is 10.8 Å². The quantitative estimate of drug-likeness (QED) is 0.885. The van der Waals surface area contributed by atoms with E-state index in [1.54, 1.807) is 0 Å². The molecule has 2 aromatic carbocycles. The zero-order chi connectivity index (χ0) is 14.7. The van der Waals surface area contributed by atoms with Crippen molar-refractivity contribution in [2.75, 3.05) is 6.54 Å². The van der Waals surface area contributed by atoms with Gasteiger partial charge in [0.1, 0.15) is 0 Å². The predicted molar refractivity (Wildman–Crippen MR) is 86.1 cm³/mol. The number of hydrogen-bond donors (Lipinski definition) is 2. The summed E-state index contributed by atoms with van der Waals surface area (Å²) < 4.78 is 0. The Morgan fingerprint density at radius 2 is 1.52 bits per heavy atom. The molecule has 21 heavy (non-hydrogen) atoms. The van der Waals surface area contributed by atoms with Crippen LogP contribution in [0.25, 0.3) is 0 Å². The van der Waals surface area contributed by atoms with Crippen molar-refractivity contribution in [3.8, 4) is 0 Å². The van der Waals surface area contributed by atoms with Gasteiger partial charge in [0.2, 0.25) is 0 Å². The van der Waals surface area contributed by atoms with Crippen molar-refractivity contribution in [2.24, 2.45) is 11.1 Å². The summed E-state index contributed by atoms with van der Waals surface area (Å²) in [4.78, 5) is 0. The fourth-order valence-corrected chi connectivity index (χ4v) is 3.49. The highest BCUT2D eigenvalue weighted by Gasteiger charge is 2.41. The van der Waals surface area contributed by atoms with E-state index in [1.165, 1.54) is 16.7 Å². The molecule has 3 N–H and O–H groups in total. The zero-order valence-electron chi connectivity index (χ0n) is 12.3. The summed E-state index contributed by atoms with van der Waals surface area (Å²) in [5.74, 6) is 0. The molecular formula is C19H23NO. The molecule has 0 aromatic heterocycles. The van der Waals surface area contributed by atoms with Crippen LogP contribution in [0.5, 0.6) is 0 Å². The lowest BCUT2D eigenvalue weighted by molar-refractivity contribution is 0.0307. The molecule has 0 heterocycles. The summed E-state index contributed by atoms with van der Waals surface area (Å²) in [7, 11) is 0. The van der Waals surface area contributed by atoms with Crippen LogP contribution >= 0.6 is 0 Å². The van der Waals surface area contributed by atoms with Crippen LogP contribution in [0, 0.1) is 5.41 Å². The summed E-state index contributed by atoms with van der Waals surface area (Å²) in [6.07, 6.45) is 3.12. The molecule has 0 aliphatic heterocycles. The van der Waals surface area contributed by atoms with Gasteiger partial charge in [-0.05, 0) is 42.4 Å². The number of benzene rings is 2. The molecule has 0 bridgehead atoms. The highest BCUT2D eigenvalue weighted by Crippen LogP contribution is 2.40. The van der Waals surface area contributed by atoms with Gasteiger partial charge in [0, 0.05) is 12.0 Å². The van der Waals surface area contributed by atoms with Crippen LogP contribution in [-0.4, -0.2) is 17.8 Å². The molecule has 110 valence electrons. The second-order valence-electron chi connectivity index (χ2n) is 6.23. The van der Waals surface area contributed by atoms with E-state index in [9.17, 15) is 5.11 Å². The predicted octanol–water partition coefficient (Wildman–Crippen LogP) is 2.72. The molecule has 2 aromatic rings. The average Bonchev–Trinajstić information content (AvgIpc) is 2.93. The molecule has 0 spiro atoms. The number of aliphatic hydroxyl groups is 1. The van der Waals surface area contributed by atoms with Crippen LogP contribution in [0.15, 0.2) is 54.6 Å². The van der Waals surface area contributed by atoms with Gasteiger partial charge >= 0.3 is 0 Å². The van der Waals surface area contributed by atoms with Gasteiger partial charge in [0.15, 0.2) is 0 Å². The fraction of sp³-hybridized carbons (Fsp3) is 0.368. The first-order chi connectivity index (χ1) is 10.2. The molecule has 1 aliphatic carbocycles. The van der Waals surface area contributed by atoms with Crippen LogP contribution < -0.4 is 5.73 Å². The number of aryl methyl sites for hydroxylation is 1. The molecule has 1 atom stereocenters. The third-order valence-electron chi connectivity index (χ3n) is 4.87. The van der Waals surface area contributed by atoms with Gasteiger partial charge in [-0.2, -0.15) is 0 Å². The van der Waals surface area contributed by atoms with E-state index in [0.717, 1.165) is 25.7 Å². The lowest BCUT2D eigenvalue weighted by Gasteiger charge is -2.33. The number of aliphatic hydroxyl groups excluding tert-OH is 1. The van der Waals surface area contributed by atoms with Gasteiger partial charge in [0.25, 0.3) is 0 Å². The minimum Gasteiger partial charge on any atom is -0.392 e. The minimum absolute atomic E-state index is 0.182. The maximum absolute atomic E-state index is 10.8. The molecule has 2 heteroatoms. The standard InChI is InChI=1S/C19H23NO/c20-14-19(12-16-8-4-5-9-17(16)13-19)18(21)11-10-15-6-2-1-3-7-15/h1-9,18,21H,10-14,20H2. The van der Waals surface area contributed by atoms with Crippen molar-refractivity contribution in [3.63, 3.8) is 0 Å². The third-order valence-corrected chi connectivity index (χ3v) is 4.87. The number of nitrogens with two attached hydrogens (primary N) is 1. The smallest absolute Gasteiger partial charge is 0.0618 e. The first-order valence-corrected chi connectivity index (χ1v) is 7.72. The molecule has 0 amide bonds. The Kier molecular flexibility index (Phi) is 4.09. The fourth-order valence-electron chi connectivity index (χ4n) is 3.49. The highest BCUT2D eigenvalue weighted by molar-refractivity contribution is 5.35. The Morgan fingerprint density at radius 1 is 0.952 bits per heavy atom. The van der Waals surface area contributed by atoms with Crippen LogP contribution in [0.1, 0.15) is 23.1 Å². The number of hydrogen-bond acceptors (Lipinski definition) is 2. The van der Waals surface area contributed by atoms with Crippen LogP contribution in [0.2, 0.25) is 0 Å². The van der Waals surface area contributed by atoms with E-state index < -0.39 is 0 Å². The Morgan fingerprint density at radius 3 is 2.10 bits per heavy atom. The molecule has 1 aliphatic rings. The first-order valence-electron chi connectivity index (χ1n) is 7.72. The van der Waals surface area contributed by atoms with E-state index in [2.05, 4.69) is 36.4 Å². The second kappa shape index (κ2) is 6.00. The van der Waals surface area contributed by atoms with E-state index in [-0.39, 0.29) is 11.5 Å². The Balaban J connectivity index is 1.70. The summed E-state index contributed by atoms with van der Waals surface area (Å²) >= 11 is 0. The molecule has 0 saturated heterocycles. The van der Waals surface area contributed by atoms with Crippen molar-refractivity contribution in [3.05, 3.63) is 71.3 Å². The zero-order valence-corrected chi connectivity index (χ0v) is 12.3. The van der Waals surface area contributed by atoms with Gasteiger partial charge in [-0.25, -0.2) is 0 Å². The van der Waals surface area contributed by atoms with Gasteiger partial charge in [-0.15, -0.1) is 0 Å². The molecule has 0 saturated carbocycles. The Bertz CT molecular complexity index is 569. The van der Waals surface area contributed by atoms with E-state index >= 15 is 0 Å². The van der Waals surface area contributed by atoms with Crippen molar-refractivity contribution < 1.29 is 5.11 Å². The van der Waals surface area contributed by atoms with Crippen LogP contribution in [0.4, 0.5) is 0 Å². The molecule has 3 rings (SSSR count). The van der Waals surface area contributed by atoms with E-state index in [0.29, 0.717) is 6.54 Å². The second-order valence-corrected chi connectivity index (χ2v) is 6.23. The van der Waals surface area contributed by atoms with Crippen molar-refractivity contribution >= 4 is 0 Å². The van der Waals surface area contributed by atoms with Crippen molar-refractivity contribution in [1.29, 1.82) is 0 Å². The van der Waals surface area contributed by atoms with Crippen molar-refractivity contribution in [2.45, 2.75) is 31.8 Å². The summed E-state index contributed by atoms with van der Waals surface area (Å²) in [6, 6.07) is 18.8. The van der Waals surface area contributed by atoms with Gasteiger partial charge in [-0.1, -0.05) is 54.6 Å². The maximum Gasteiger partial charge on any atom is 0.0618 e. The van der Waals surface area contributed by atoms with E-state index in [4.69, 9.17) is 5.73 Å². The Labute approximate surface area is 126 Å². The minimum atomic E-state index is -0.352. The van der Waals surface area contributed by atoms with Crippen LogP contribution in [-0.2, 0) is 19.3 Å². The molecule has 1 unspecified atom stereocenters. The monoisotopic (exact) mass is 281 g/mol. The van der Waals surface area contributed by atoms with E-state index in [1.807, 2.05) is 18.2 Å². The molecule has 0 radical (unpaired) electrons. The van der Waals surface area contributed by atoms with Crippen molar-refractivity contribution in [1.82, 2.24) is 0 Å². The lowest BCUT2D eigenvalue weighted by atomic mass is 9.77. The summed E-state index contributed by atoms with van der Waals surface area (Å²) in [5, 5.41) is 10.8. The molecule has 2 nitrogen and oxygen atoms in total. The summed E-state index contributed by atoms with van der Waals surface area (Å²) in [6.45, 7) is 0.539. The first kappa shape index (κ1) is 14.3. The van der Waals surface area contributed by atoms with Gasteiger partial charge in [0.05, 0.1) is 6.10 Å². The average molecular weight is 281 g/mol. The highest BCUT2D eigenvalue weighted by atomic mass is 16.3. The maximum atomic E-state index is 10.8. The van der Waals surface area contributed by atoms with Gasteiger partial charge in [-0.3, -0.25) is 0 Å². The lowest BCUT2D eigenvalue weighted by Crippen LogP contribution is -2.43. The topological polar surface area (TPSA) is 46.2 Å². The largest absolute Gasteiger partial charge is 0.392 e. The third kappa shape index (κ3) is 2.87. The Hall–Kier alpha value is -1.64. The summed E-state index contributed by atoms with van der Waals surface area (Å²) in [5.41, 5.74) is 9.85. The SMILES string of the molecule is NCC1(C(O)CCc2ccccc2)Cc2ccccc2C1. The van der Waals surface area contributed by atoms with Crippen LogP contribution in [0.3, 0.4) is 0 Å². The number of fused-ring (bicyclic) bond motifs is 1. The molecule has 0 fully saturated rings.